The van der Waals surface area contributed by atoms with E-state index in [2.05, 4.69) is 26.0 Å². The molecule has 2 aliphatic rings. The average molecular weight is 362 g/mol. The molecule has 1 fully saturated rings. The van der Waals surface area contributed by atoms with Crippen molar-refractivity contribution < 1.29 is 4.79 Å². The third kappa shape index (κ3) is 2.65. The van der Waals surface area contributed by atoms with Crippen molar-refractivity contribution in [3.63, 3.8) is 0 Å². The quantitative estimate of drug-likeness (QED) is 0.775. The zero-order valence-corrected chi connectivity index (χ0v) is 15.3. The predicted molar refractivity (Wildman–Crippen MR) is 101 cm³/mol. The van der Waals surface area contributed by atoms with Gasteiger partial charge in [-0.05, 0) is 38.0 Å². The molecule has 3 aromatic heterocycles. The molecular weight excluding hydrogens is 340 g/mol. The molecule has 1 atom stereocenters. The molecule has 0 spiro atoms. The summed E-state index contributed by atoms with van der Waals surface area (Å²) in [6, 6.07) is 6.22. The molecule has 1 unspecified atom stereocenters. The van der Waals surface area contributed by atoms with Gasteiger partial charge in [-0.15, -0.1) is 0 Å². The smallest absolute Gasteiger partial charge is 0.233 e. The van der Waals surface area contributed by atoms with Crippen LogP contribution in [0.2, 0.25) is 0 Å². The fourth-order valence-electron chi connectivity index (χ4n) is 4.51. The van der Waals surface area contributed by atoms with Crippen molar-refractivity contribution in [1.82, 2.24) is 24.3 Å². The van der Waals surface area contributed by atoms with Gasteiger partial charge in [0.2, 0.25) is 11.9 Å². The molecule has 4 heterocycles. The number of hydrogen-bond donors (Lipinski definition) is 1. The number of aromatic nitrogens is 5. The number of rotatable bonds is 3. The van der Waals surface area contributed by atoms with Crippen LogP contribution in [0.3, 0.4) is 0 Å². The zero-order chi connectivity index (χ0) is 18.4. The topological polar surface area (TPSA) is 77.6 Å². The fraction of sp³-hybridized carbons (Fsp3) is 0.400. The van der Waals surface area contributed by atoms with E-state index in [9.17, 15) is 4.79 Å². The number of carbonyl (C=O) groups is 1. The Hall–Kier alpha value is -2.96. The molecule has 27 heavy (non-hydrogen) atoms. The van der Waals surface area contributed by atoms with Gasteiger partial charge in [-0.25, -0.2) is 14.6 Å². The summed E-state index contributed by atoms with van der Waals surface area (Å²) < 4.78 is 4.04. The van der Waals surface area contributed by atoms with Crippen LogP contribution < -0.4 is 5.32 Å². The van der Waals surface area contributed by atoms with Gasteiger partial charge in [0.15, 0.2) is 0 Å². The molecule has 1 aliphatic heterocycles. The maximum Gasteiger partial charge on any atom is 0.233 e. The van der Waals surface area contributed by atoms with Gasteiger partial charge in [0.1, 0.15) is 5.82 Å². The van der Waals surface area contributed by atoms with Crippen LogP contribution in [-0.4, -0.2) is 30.2 Å². The number of nitrogens with one attached hydrogen (secondary N) is 1. The lowest BCUT2D eigenvalue weighted by atomic mass is 9.89. The van der Waals surface area contributed by atoms with Crippen LogP contribution >= 0.6 is 0 Å². The molecule has 1 saturated carbocycles. The molecule has 0 aromatic carbocycles. The Balaban J connectivity index is 1.63. The van der Waals surface area contributed by atoms with Crippen LogP contribution in [-0.2, 0) is 4.79 Å². The molecule has 3 aromatic rings. The van der Waals surface area contributed by atoms with Gasteiger partial charge in [-0.1, -0.05) is 12.8 Å². The Bertz CT molecular complexity index is 983. The second kappa shape index (κ2) is 6.33. The van der Waals surface area contributed by atoms with Crippen molar-refractivity contribution in [3.05, 3.63) is 53.7 Å². The minimum atomic E-state index is -0.0530. The standard InChI is InChI=1S/C20H22N6O/c1-13-18-15(16-8-4-11-25(16)20-21-9-5-10-22-20)12-17(27)23-19(18)26(24-13)14-6-2-3-7-14/h4-5,8-11,14-15H,2-3,6-7,12H2,1H3,(H,23,27). The van der Waals surface area contributed by atoms with E-state index in [1.807, 2.05) is 23.8 Å². The summed E-state index contributed by atoms with van der Waals surface area (Å²) in [6.07, 6.45) is 10.5. The van der Waals surface area contributed by atoms with Crippen LogP contribution in [0.5, 0.6) is 0 Å². The van der Waals surface area contributed by atoms with Gasteiger partial charge in [-0.3, -0.25) is 9.36 Å². The molecule has 0 bridgehead atoms. The van der Waals surface area contributed by atoms with E-state index in [0.717, 1.165) is 35.6 Å². The molecule has 1 amide bonds. The number of amides is 1. The van der Waals surface area contributed by atoms with E-state index in [-0.39, 0.29) is 11.8 Å². The summed E-state index contributed by atoms with van der Waals surface area (Å²) in [5.41, 5.74) is 3.13. The number of carbonyl (C=O) groups excluding carboxylic acids is 1. The Morgan fingerprint density at radius 2 is 1.93 bits per heavy atom. The fourth-order valence-corrected chi connectivity index (χ4v) is 4.51. The number of aryl methyl sites for hydroxylation is 1. The van der Waals surface area contributed by atoms with Crippen molar-refractivity contribution in [1.29, 1.82) is 0 Å². The Morgan fingerprint density at radius 3 is 2.70 bits per heavy atom. The first-order valence-electron chi connectivity index (χ1n) is 9.56. The van der Waals surface area contributed by atoms with Crippen LogP contribution in [0.25, 0.3) is 5.95 Å². The summed E-state index contributed by atoms with van der Waals surface area (Å²) in [4.78, 5) is 21.3. The van der Waals surface area contributed by atoms with Gasteiger partial charge in [0.25, 0.3) is 0 Å². The molecule has 7 nitrogen and oxygen atoms in total. The summed E-state index contributed by atoms with van der Waals surface area (Å²) in [5, 5.41) is 7.93. The molecule has 0 saturated heterocycles. The van der Waals surface area contributed by atoms with Gasteiger partial charge >= 0.3 is 0 Å². The highest BCUT2D eigenvalue weighted by Crippen LogP contribution is 2.42. The van der Waals surface area contributed by atoms with Crippen LogP contribution in [0, 0.1) is 6.92 Å². The third-order valence-corrected chi connectivity index (χ3v) is 5.70. The lowest BCUT2D eigenvalue weighted by Gasteiger charge is -2.26. The normalized spacial score (nSPS) is 19.9. The maximum absolute atomic E-state index is 12.6. The molecule has 1 aliphatic carbocycles. The molecule has 0 radical (unpaired) electrons. The third-order valence-electron chi connectivity index (χ3n) is 5.70. The van der Waals surface area contributed by atoms with E-state index in [0.29, 0.717) is 18.4 Å². The van der Waals surface area contributed by atoms with E-state index in [1.54, 1.807) is 18.5 Å². The van der Waals surface area contributed by atoms with Crippen molar-refractivity contribution in [2.24, 2.45) is 0 Å². The van der Waals surface area contributed by atoms with E-state index in [4.69, 9.17) is 5.10 Å². The molecule has 138 valence electrons. The largest absolute Gasteiger partial charge is 0.311 e. The summed E-state index contributed by atoms with van der Waals surface area (Å²) in [7, 11) is 0. The number of fused-ring (bicyclic) bond motifs is 1. The Labute approximate surface area is 157 Å². The first-order valence-corrected chi connectivity index (χ1v) is 9.56. The summed E-state index contributed by atoms with van der Waals surface area (Å²) in [6.45, 7) is 2.04. The number of anilines is 1. The van der Waals surface area contributed by atoms with Gasteiger partial charge in [-0.2, -0.15) is 5.10 Å². The lowest BCUT2D eigenvalue weighted by molar-refractivity contribution is -0.116. The first kappa shape index (κ1) is 16.2. The SMILES string of the molecule is Cc1nn(C2CCCC2)c2c1C(c1cccn1-c1ncccn1)CC(=O)N2. The summed E-state index contributed by atoms with van der Waals surface area (Å²) in [5.74, 6) is 1.48. The molecule has 5 rings (SSSR count). The van der Waals surface area contributed by atoms with Crippen molar-refractivity contribution in [2.45, 2.75) is 51.0 Å². The average Bonchev–Trinajstić information content (AvgIpc) is 3.42. The van der Waals surface area contributed by atoms with Crippen molar-refractivity contribution in [3.8, 4) is 5.95 Å². The predicted octanol–water partition coefficient (Wildman–Crippen LogP) is 3.36. The molecule has 7 heteroatoms. The Kier molecular flexibility index (Phi) is 3.81. The highest BCUT2D eigenvalue weighted by Gasteiger charge is 2.35. The van der Waals surface area contributed by atoms with Crippen LogP contribution in [0.4, 0.5) is 5.82 Å². The summed E-state index contributed by atoms with van der Waals surface area (Å²) >= 11 is 0. The van der Waals surface area contributed by atoms with Gasteiger partial charge in [0.05, 0.1) is 11.7 Å². The number of hydrogen-bond acceptors (Lipinski definition) is 4. The van der Waals surface area contributed by atoms with Crippen LogP contribution in [0.1, 0.15) is 61.0 Å². The minimum absolute atomic E-state index is 0.0355. The first-order chi connectivity index (χ1) is 13.2. The van der Waals surface area contributed by atoms with E-state index in [1.165, 1.54) is 12.8 Å². The highest BCUT2D eigenvalue weighted by atomic mass is 16.1. The second-order valence-corrected chi connectivity index (χ2v) is 7.39. The monoisotopic (exact) mass is 362 g/mol. The number of nitrogens with zero attached hydrogens (tertiary/aromatic N) is 5. The highest BCUT2D eigenvalue weighted by molar-refractivity contribution is 5.94. The zero-order valence-electron chi connectivity index (χ0n) is 15.3. The molecular formula is C20H22N6O. The maximum atomic E-state index is 12.6. The second-order valence-electron chi connectivity index (χ2n) is 7.39. The Morgan fingerprint density at radius 1 is 1.15 bits per heavy atom. The molecule has 1 N–H and O–H groups in total. The lowest BCUT2D eigenvalue weighted by Crippen LogP contribution is -2.27. The van der Waals surface area contributed by atoms with E-state index >= 15 is 0 Å². The van der Waals surface area contributed by atoms with Crippen molar-refractivity contribution in [2.75, 3.05) is 5.32 Å². The van der Waals surface area contributed by atoms with Gasteiger partial charge < -0.3 is 5.32 Å². The van der Waals surface area contributed by atoms with Crippen LogP contribution in [0.15, 0.2) is 36.8 Å². The van der Waals surface area contributed by atoms with E-state index < -0.39 is 0 Å². The minimum Gasteiger partial charge on any atom is -0.311 e. The van der Waals surface area contributed by atoms with Crippen molar-refractivity contribution >= 4 is 11.7 Å². The van der Waals surface area contributed by atoms with Gasteiger partial charge in [0, 0.05) is 42.2 Å².